The van der Waals surface area contributed by atoms with E-state index < -0.39 is 0 Å². The zero-order chi connectivity index (χ0) is 21.9. The van der Waals surface area contributed by atoms with Crippen molar-refractivity contribution in [3.63, 3.8) is 0 Å². The average molecular weight is 440 g/mol. The number of rotatable bonds is 5. The molecule has 0 aliphatic rings. The Bertz CT molecular complexity index is 1470. The summed E-state index contributed by atoms with van der Waals surface area (Å²) < 4.78 is 0. The molecule has 156 valence electrons. The molecule has 0 radical (unpaired) electrons. The molecule has 0 saturated carbocycles. The second kappa shape index (κ2) is 8.53. The van der Waals surface area contributed by atoms with Crippen LogP contribution < -0.4 is 10.6 Å². The smallest absolute Gasteiger partial charge is 0.248 e. The summed E-state index contributed by atoms with van der Waals surface area (Å²) in [6, 6.07) is 20.9. The fourth-order valence-corrected chi connectivity index (χ4v) is 3.71. The molecular formula is C25H18ClN5O. The minimum atomic E-state index is -0.226. The highest BCUT2D eigenvalue weighted by atomic mass is 35.5. The summed E-state index contributed by atoms with van der Waals surface area (Å²) >= 11 is 6.08. The van der Waals surface area contributed by atoms with E-state index in [0.717, 1.165) is 33.1 Å². The van der Waals surface area contributed by atoms with Crippen molar-refractivity contribution in [2.24, 2.45) is 0 Å². The largest absolute Gasteiger partial charge is 0.361 e. The monoisotopic (exact) mass is 439 g/mol. The van der Waals surface area contributed by atoms with Crippen molar-refractivity contribution in [1.82, 2.24) is 15.0 Å². The molecule has 3 N–H and O–H groups in total. The Morgan fingerprint density at radius 3 is 2.75 bits per heavy atom. The molecule has 0 aliphatic heterocycles. The molecule has 0 atom stereocenters. The van der Waals surface area contributed by atoms with Gasteiger partial charge >= 0.3 is 0 Å². The van der Waals surface area contributed by atoms with Crippen molar-refractivity contribution >= 4 is 62.6 Å². The SMILES string of the molecule is O=C(/C=C/c1c[nH]c2ccccc12)Nc1ccc2ncnc(Nc3cccc(Cl)c3)c2c1. The predicted molar refractivity (Wildman–Crippen MR) is 130 cm³/mol. The van der Waals surface area contributed by atoms with Gasteiger partial charge in [0.25, 0.3) is 0 Å². The van der Waals surface area contributed by atoms with Crippen LogP contribution in [0.3, 0.4) is 0 Å². The summed E-state index contributed by atoms with van der Waals surface area (Å²) in [5, 5.41) is 8.64. The van der Waals surface area contributed by atoms with Gasteiger partial charge in [-0.1, -0.05) is 35.9 Å². The zero-order valence-corrected chi connectivity index (χ0v) is 17.6. The van der Waals surface area contributed by atoms with Crippen LogP contribution in [0.1, 0.15) is 5.56 Å². The van der Waals surface area contributed by atoms with Crippen LogP contribution in [0, 0.1) is 0 Å². The van der Waals surface area contributed by atoms with Gasteiger partial charge in [0.05, 0.1) is 5.52 Å². The van der Waals surface area contributed by atoms with E-state index in [1.54, 1.807) is 6.08 Å². The maximum atomic E-state index is 12.5. The normalized spacial score (nSPS) is 11.3. The zero-order valence-electron chi connectivity index (χ0n) is 16.8. The Hall–Kier alpha value is -4.16. The first-order chi connectivity index (χ1) is 15.7. The van der Waals surface area contributed by atoms with Gasteiger partial charge in [0.2, 0.25) is 5.91 Å². The molecule has 7 heteroatoms. The van der Waals surface area contributed by atoms with Crippen molar-refractivity contribution in [2.45, 2.75) is 0 Å². The number of fused-ring (bicyclic) bond motifs is 2. The van der Waals surface area contributed by atoms with Crippen LogP contribution in [-0.2, 0) is 4.79 Å². The van der Waals surface area contributed by atoms with Gasteiger partial charge in [-0.05, 0) is 54.1 Å². The molecule has 2 aromatic heterocycles. The molecule has 3 aromatic carbocycles. The van der Waals surface area contributed by atoms with E-state index in [1.165, 1.54) is 12.4 Å². The highest BCUT2D eigenvalue weighted by molar-refractivity contribution is 6.30. The number of hydrogen-bond donors (Lipinski definition) is 3. The van der Waals surface area contributed by atoms with Crippen LogP contribution in [0.5, 0.6) is 0 Å². The number of carbonyl (C=O) groups excluding carboxylic acids is 1. The molecule has 0 spiro atoms. The average Bonchev–Trinajstić information content (AvgIpc) is 3.21. The number of aromatic amines is 1. The maximum Gasteiger partial charge on any atom is 0.248 e. The van der Waals surface area contributed by atoms with E-state index in [2.05, 4.69) is 25.6 Å². The number of nitrogens with zero attached hydrogens (tertiary/aromatic N) is 2. The number of aromatic nitrogens is 3. The predicted octanol–water partition coefficient (Wildman–Crippen LogP) is 6.16. The number of anilines is 3. The summed E-state index contributed by atoms with van der Waals surface area (Å²) in [5.74, 6) is 0.401. The topological polar surface area (TPSA) is 82.7 Å². The third kappa shape index (κ3) is 4.17. The van der Waals surface area contributed by atoms with Crippen molar-refractivity contribution in [3.05, 3.63) is 95.9 Å². The lowest BCUT2D eigenvalue weighted by molar-refractivity contribution is -0.111. The second-order valence-electron chi connectivity index (χ2n) is 7.20. The molecule has 0 unspecified atom stereocenters. The quantitative estimate of drug-likeness (QED) is 0.286. The molecule has 6 nitrogen and oxygen atoms in total. The number of nitrogens with one attached hydrogen (secondary N) is 3. The van der Waals surface area contributed by atoms with Gasteiger partial charge in [-0.15, -0.1) is 0 Å². The van der Waals surface area contributed by atoms with Gasteiger partial charge in [0.15, 0.2) is 0 Å². The summed E-state index contributed by atoms with van der Waals surface area (Å²) in [5.41, 5.74) is 4.21. The number of benzene rings is 3. The van der Waals surface area contributed by atoms with Gasteiger partial charge < -0.3 is 15.6 Å². The van der Waals surface area contributed by atoms with E-state index in [1.807, 2.05) is 72.9 Å². The Kier molecular flexibility index (Phi) is 5.27. The van der Waals surface area contributed by atoms with Gasteiger partial charge in [-0.25, -0.2) is 9.97 Å². The Balaban J connectivity index is 1.37. The summed E-state index contributed by atoms with van der Waals surface area (Å²) in [7, 11) is 0. The number of carbonyl (C=O) groups is 1. The molecule has 5 rings (SSSR count). The van der Waals surface area contributed by atoms with Crippen LogP contribution in [-0.4, -0.2) is 20.9 Å². The molecule has 2 heterocycles. The number of halogens is 1. The first kappa shape index (κ1) is 19.8. The molecule has 5 aromatic rings. The van der Waals surface area contributed by atoms with E-state index >= 15 is 0 Å². The lowest BCUT2D eigenvalue weighted by Crippen LogP contribution is -2.07. The van der Waals surface area contributed by atoms with Crippen LogP contribution in [0.25, 0.3) is 27.9 Å². The standard InChI is InChI=1S/C25H18ClN5O/c26-17-4-3-5-18(12-17)31-25-21-13-19(9-10-23(21)28-15-29-25)30-24(32)11-8-16-14-27-22-7-2-1-6-20(16)22/h1-15,27H,(H,30,32)(H,28,29,31)/b11-8+. The minimum Gasteiger partial charge on any atom is -0.361 e. The molecule has 1 amide bonds. The van der Waals surface area contributed by atoms with Gasteiger partial charge in [0, 0.05) is 45.0 Å². The lowest BCUT2D eigenvalue weighted by Gasteiger charge is -2.10. The maximum absolute atomic E-state index is 12.5. The Morgan fingerprint density at radius 2 is 1.84 bits per heavy atom. The van der Waals surface area contributed by atoms with Crippen LogP contribution in [0.4, 0.5) is 17.2 Å². The van der Waals surface area contributed by atoms with Crippen LogP contribution >= 0.6 is 11.6 Å². The molecular weight excluding hydrogens is 422 g/mol. The van der Waals surface area contributed by atoms with E-state index in [9.17, 15) is 4.79 Å². The number of amides is 1. The van der Waals surface area contributed by atoms with Crippen LogP contribution in [0.2, 0.25) is 5.02 Å². The molecule has 0 aliphatic carbocycles. The highest BCUT2D eigenvalue weighted by Gasteiger charge is 2.07. The Morgan fingerprint density at radius 1 is 0.938 bits per heavy atom. The minimum absolute atomic E-state index is 0.226. The van der Waals surface area contributed by atoms with Gasteiger partial charge in [-0.3, -0.25) is 4.79 Å². The van der Waals surface area contributed by atoms with Crippen LogP contribution in [0.15, 0.2) is 85.3 Å². The third-order valence-corrected chi connectivity index (χ3v) is 5.26. The fraction of sp³-hybridized carbons (Fsp3) is 0. The lowest BCUT2D eigenvalue weighted by atomic mass is 10.1. The Labute approximate surface area is 189 Å². The van der Waals surface area contributed by atoms with E-state index in [-0.39, 0.29) is 5.91 Å². The van der Waals surface area contributed by atoms with Crippen molar-refractivity contribution < 1.29 is 4.79 Å². The van der Waals surface area contributed by atoms with Crippen molar-refractivity contribution in [1.29, 1.82) is 0 Å². The van der Waals surface area contributed by atoms with Crippen molar-refractivity contribution in [2.75, 3.05) is 10.6 Å². The summed E-state index contributed by atoms with van der Waals surface area (Å²) in [4.78, 5) is 24.4. The first-order valence-electron chi connectivity index (χ1n) is 9.98. The van der Waals surface area contributed by atoms with Gasteiger partial charge in [-0.2, -0.15) is 0 Å². The van der Waals surface area contributed by atoms with E-state index in [4.69, 9.17) is 11.6 Å². The summed E-state index contributed by atoms with van der Waals surface area (Å²) in [6.45, 7) is 0. The van der Waals surface area contributed by atoms with Crippen molar-refractivity contribution in [3.8, 4) is 0 Å². The molecule has 0 saturated heterocycles. The first-order valence-corrected chi connectivity index (χ1v) is 10.4. The molecule has 0 fully saturated rings. The third-order valence-electron chi connectivity index (χ3n) is 5.03. The molecule has 0 bridgehead atoms. The number of para-hydroxylation sites is 1. The fourth-order valence-electron chi connectivity index (χ4n) is 3.52. The second-order valence-corrected chi connectivity index (χ2v) is 7.64. The molecule has 32 heavy (non-hydrogen) atoms. The number of hydrogen-bond acceptors (Lipinski definition) is 4. The summed E-state index contributed by atoms with van der Waals surface area (Å²) in [6.07, 6.45) is 6.70. The number of H-pyrrole nitrogens is 1. The van der Waals surface area contributed by atoms with Gasteiger partial charge in [0.1, 0.15) is 12.1 Å². The van der Waals surface area contributed by atoms with E-state index in [0.29, 0.717) is 16.5 Å². The highest BCUT2D eigenvalue weighted by Crippen LogP contribution is 2.27.